The Labute approximate surface area is 86.1 Å². The molecule has 4 aliphatic rings. The average Bonchev–Trinajstić information content (AvgIpc) is 2.96. The van der Waals surface area contributed by atoms with Gasteiger partial charge in [-0.25, -0.2) is 0 Å². The van der Waals surface area contributed by atoms with E-state index in [0.717, 1.165) is 35.5 Å². The van der Waals surface area contributed by atoms with Crippen LogP contribution in [0.4, 0.5) is 0 Å². The van der Waals surface area contributed by atoms with Gasteiger partial charge in [-0.05, 0) is 61.2 Å². The summed E-state index contributed by atoms with van der Waals surface area (Å²) in [6, 6.07) is 0. The predicted octanol–water partition coefficient (Wildman–Crippen LogP) is 3.04. The molecule has 0 spiro atoms. The van der Waals surface area contributed by atoms with E-state index in [-0.39, 0.29) is 0 Å². The van der Waals surface area contributed by atoms with Crippen LogP contribution in [0.15, 0.2) is 24.3 Å². The van der Waals surface area contributed by atoms with E-state index < -0.39 is 0 Å². The van der Waals surface area contributed by atoms with Crippen molar-refractivity contribution in [3.05, 3.63) is 37.1 Å². The van der Waals surface area contributed by atoms with Gasteiger partial charge in [0.25, 0.3) is 0 Å². The number of allylic oxidation sites excluding steroid dienone is 4. The van der Waals surface area contributed by atoms with Gasteiger partial charge in [0, 0.05) is 0 Å². The van der Waals surface area contributed by atoms with Crippen LogP contribution in [0.2, 0.25) is 0 Å². The van der Waals surface area contributed by atoms with Crippen LogP contribution in [0.25, 0.3) is 0 Å². The van der Waals surface area contributed by atoms with Crippen LogP contribution in [0.5, 0.6) is 0 Å². The maximum absolute atomic E-state index is 2.63. The molecule has 4 rings (SSSR count). The molecule has 0 saturated heterocycles. The van der Waals surface area contributed by atoms with E-state index in [0.29, 0.717) is 0 Å². The van der Waals surface area contributed by atoms with Gasteiger partial charge in [-0.15, -0.1) is 0 Å². The first kappa shape index (κ1) is 7.73. The Morgan fingerprint density at radius 1 is 0.643 bits per heavy atom. The Morgan fingerprint density at radius 2 is 1.14 bits per heavy atom. The topological polar surface area (TPSA) is 0 Å². The molecule has 72 valence electrons. The summed E-state index contributed by atoms with van der Waals surface area (Å²) in [7, 11) is 0. The van der Waals surface area contributed by atoms with Crippen LogP contribution >= 0.6 is 0 Å². The fourth-order valence-electron chi connectivity index (χ4n) is 4.05. The molecule has 0 N–H and O–H groups in total. The first-order valence-corrected chi connectivity index (χ1v) is 5.97. The number of hydrogen-bond donors (Lipinski definition) is 0. The Balaban J connectivity index is 1.60. The summed E-state index contributed by atoms with van der Waals surface area (Å²) >= 11 is 0. The lowest BCUT2D eigenvalue weighted by Crippen LogP contribution is -2.23. The number of hydrogen-bond acceptors (Lipinski definition) is 0. The molecule has 2 saturated carbocycles. The van der Waals surface area contributed by atoms with Crippen molar-refractivity contribution >= 4 is 0 Å². The van der Waals surface area contributed by atoms with Gasteiger partial charge >= 0.3 is 0 Å². The first-order valence-electron chi connectivity index (χ1n) is 5.97. The van der Waals surface area contributed by atoms with Gasteiger partial charge in [-0.3, -0.25) is 0 Å². The maximum Gasteiger partial charge on any atom is -0.0193 e. The Hall–Kier alpha value is -0.520. The highest BCUT2D eigenvalue weighted by molar-refractivity contribution is 5.26. The minimum atomic E-state index is 0.821. The van der Waals surface area contributed by atoms with Crippen molar-refractivity contribution < 1.29 is 0 Å². The minimum absolute atomic E-state index is 0.821. The summed E-state index contributed by atoms with van der Waals surface area (Å²) < 4.78 is 0. The third kappa shape index (κ3) is 0.898. The zero-order valence-corrected chi connectivity index (χ0v) is 8.34. The van der Waals surface area contributed by atoms with E-state index in [2.05, 4.69) is 37.1 Å². The van der Waals surface area contributed by atoms with E-state index in [9.17, 15) is 0 Å². The highest BCUT2D eigenvalue weighted by Crippen LogP contribution is 2.54. The van der Waals surface area contributed by atoms with E-state index >= 15 is 0 Å². The molecular weight excluding hydrogens is 168 g/mol. The smallest absolute Gasteiger partial charge is 0.0193 e. The summed E-state index contributed by atoms with van der Waals surface area (Å²) in [6.45, 7) is 0. The molecule has 0 aromatic carbocycles. The van der Waals surface area contributed by atoms with Gasteiger partial charge in [-0.2, -0.15) is 0 Å². The SMILES string of the molecule is [CH]1C2C=CC(C2)C1C1[CH]C2C=CC1C2. The molecule has 0 aromatic rings. The van der Waals surface area contributed by atoms with Crippen molar-refractivity contribution in [1.29, 1.82) is 0 Å². The van der Waals surface area contributed by atoms with Crippen molar-refractivity contribution in [3.63, 3.8) is 0 Å². The Bertz CT molecular complexity index is 280. The summed E-state index contributed by atoms with van der Waals surface area (Å²) in [5.74, 6) is 5.17. The standard InChI is InChI=1S/C14H16/c1-3-11-5-9(1)7-13(11)14-8-10-2-4-12(14)6-10/h1-4,7-14H,5-6H2. The third-order valence-corrected chi connectivity index (χ3v) is 4.67. The fraction of sp³-hybridized carbons (Fsp3) is 0.571. The molecule has 6 unspecified atom stereocenters. The van der Waals surface area contributed by atoms with Crippen LogP contribution in [0, 0.1) is 48.3 Å². The zero-order chi connectivity index (χ0) is 9.12. The van der Waals surface area contributed by atoms with Crippen LogP contribution < -0.4 is 0 Å². The van der Waals surface area contributed by atoms with Crippen molar-refractivity contribution in [2.75, 3.05) is 0 Å². The molecule has 4 aliphatic carbocycles. The van der Waals surface area contributed by atoms with Crippen LogP contribution in [0.1, 0.15) is 12.8 Å². The van der Waals surface area contributed by atoms with Gasteiger partial charge < -0.3 is 0 Å². The number of rotatable bonds is 1. The lowest BCUT2D eigenvalue weighted by atomic mass is 9.75. The molecule has 2 fully saturated rings. The molecule has 0 nitrogen and oxygen atoms in total. The molecular formula is C14H16. The molecule has 0 heterocycles. The molecule has 14 heavy (non-hydrogen) atoms. The molecule has 0 amide bonds. The van der Waals surface area contributed by atoms with Gasteiger partial charge in [0.1, 0.15) is 0 Å². The highest BCUT2D eigenvalue weighted by atomic mass is 14.5. The highest BCUT2D eigenvalue weighted by Gasteiger charge is 2.47. The Morgan fingerprint density at radius 3 is 1.43 bits per heavy atom. The van der Waals surface area contributed by atoms with Crippen molar-refractivity contribution in [2.45, 2.75) is 12.8 Å². The van der Waals surface area contributed by atoms with Gasteiger partial charge in [-0.1, -0.05) is 24.3 Å². The van der Waals surface area contributed by atoms with E-state index in [1.165, 1.54) is 12.8 Å². The second-order valence-corrected chi connectivity index (χ2v) is 5.44. The quantitative estimate of drug-likeness (QED) is 0.549. The fourth-order valence-corrected chi connectivity index (χ4v) is 4.05. The predicted molar refractivity (Wildman–Crippen MR) is 57.1 cm³/mol. The minimum Gasteiger partial charge on any atom is -0.0848 e. The van der Waals surface area contributed by atoms with Crippen molar-refractivity contribution in [2.24, 2.45) is 35.5 Å². The second kappa shape index (κ2) is 2.53. The van der Waals surface area contributed by atoms with Crippen molar-refractivity contribution in [1.82, 2.24) is 0 Å². The van der Waals surface area contributed by atoms with Crippen LogP contribution in [0.3, 0.4) is 0 Å². The zero-order valence-electron chi connectivity index (χ0n) is 8.34. The molecule has 4 bridgehead atoms. The van der Waals surface area contributed by atoms with Gasteiger partial charge in [0.15, 0.2) is 0 Å². The molecule has 0 heteroatoms. The maximum atomic E-state index is 2.63. The van der Waals surface area contributed by atoms with E-state index in [4.69, 9.17) is 0 Å². The van der Waals surface area contributed by atoms with E-state index in [1.807, 2.05) is 0 Å². The lowest BCUT2D eigenvalue weighted by molar-refractivity contribution is 0.328. The van der Waals surface area contributed by atoms with Crippen LogP contribution in [-0.4, -0.2) is 0 Å². The summed E-state index contributed by atoms with van der Waals surface area (Å²) in [5, 5.41) is 0. The molecule has 6 atom stereocenters. The second-order valence-electron chi connectivity index (χ2n) is 5.44. The average molecular weight is 184 g/mol. The van der Waals surface area contributed by atoms with Gasteiger partial charge in [0.2, 0.25) is 0 Å². The largest absolute Gasteiger partial charge is 0.0848 e. The molecule has 2 radical (unpaired) electrons. The summed E-state index contributed by atoms with van der Waals surface area (Å²) in [6.07, 6.45) is 17.8. The summed E-state index contributed by atoms with van der Waals surface area (Å²) in [5.41, 5.74) is 0. The summed E-state index contributed by atoms with van der Waals surface area (Å²) in [4.78, 5) is 0. The van der Waals surface area contributed by atoms with Crippen LogP contribution in [-0.2, 0) is 0 Å². The van der Waals surface area contributed by atoms with Crippen molar-refractivity contribution in [3.8, 4) is 0 Å². The number of fused-ring (bicyclic) bond motifs is 4. The normalized spacial score (nSPS) is 57.7. The molecule has 0 aromatic heterocycles. The molecule has 0 aliphatic heterocycles. The monoisotopic (exact) mass is 184 g/mol. The first-order chi connectivity index (χ1) is 6.90. The Kier molecular flexibility index (Phi) is 1.40. The van der Waals surface area contributed by atoms with Gasteiger partial charge in [0.05, 0.1) is 0 Å². The third-order valence-electron chi connectivity index (χ3n) is 4.67. The lowest BCUT2D eigenvalue weighted by Gasteiger charge is -2.29. The van der Waals surface area contributed by atoms with E-state index in [1.54, 1.807) is 0 Å².